The predicted octanol–water partition coefficient (Wildman–Crippen LogP) is 1.95. The van der Waals surface area contributed by atoms with Crippen LogP contribution in [-0.4, -0.2) is 18.5 Å². The Bertz CT molecular complexity index is 243. The van der Waals surface area contributed by atoms with E-state index in [0.717, 1.165) is 0 Å². The standard InChI is InChI=1S/C11H16O2/c1-5-8-11(13-7-3)9(4)10(12)6-2/h11H,4,6-7H2,1-3H3. The molecule has 0 radical (unpaired) electrons. The molecule has 2 heteroatoms. The summed E-state index contributed by atoms with van der Waals surface area (Å²) < 4.78 is 5.27. The van der Waals surface area contributed by atoms with Crippen LogP contribution in [-0.2, 0) is 9.53 Å². The topological polar surface area (TPSA) is 26.3 Å². The van der Waals surface area contributed by atoms with Crippen molar-refractivity contribution in [3.8, 4) is 11.8 Å². The molecule has 0 heterocycles. The van der Waals surface area contributed by atoms with Gasteiger partial charge >= 0.3 is 0 Å². The first-order valence-corrected chi connectivity index (χ1v) is 4.43. The molecule has 13 heavy (non-hydrogen) atoms. The molecule has 0 rings (SSSR count). The molecule has 0 bridgehead atoms. The molecule has 0 N–H and O–H groups in total. The SMILES string of the molecule is C=C(C(=O)CC)C(C#CC)OCC. The van der Waals surface area contributed by atoms with Crippen molar-refractivity contribution in [2.45, 2.75) is 33.3 Å². The fourth-order valence-corrected chi connectivity index (χ4v) is 0.900. The summed E-state index contributed by atoms with van der Waals surface area (Å²) in [5.74, 6) is 5.55. The average molecular weight is 180 g/mol. The van der Waals surface area contributed by atoms with Crippen LogP contribution >= 0.6 is 0 Å². The number of carbonyl (C=O) groups is 1. The summed E-state index contributed by atoms with van der Waals surface area (Å²) in [7, 11) is 0. The quantitative estimate of drug-likeness (QED) is 0.477. The van der Waals surface area contributed by atoms with Crippen LogP contribution in [0.2, 0.25) is 0 Å². The first-order chi connectivity index (χ1) is 6.17. The molecular weight excluding hydrogens is 164 g/mol. The highest BCUT2D eigenvalue weighted by atomic mass is 16.5. The van der Waals surface area contributed by atoms with Gasteiger partial charge in [-0.2, -0.15) is 0 Å². The Labute approximate surface area is 80.0 Å². The Balaban J connectivity index is 4.42. The Morgan fingerprint density at radius 1 is 1.54 bits per heavy atom. The van der Waals surface area contributed by atoms with E-state index in [-0.39, 0.29) is 5.78 Å². The third-order valence-corrected chi connectivity index (χ3v) is 1.60. The summed E-state index contributed by atoms with van der Waals surface area (Å²) in [6, 6.07) is 0. The highest BCUT2D eigenvalue weighted by Crippen LogP contribution is 2.07. The highest BCUT2D eigenvalue weighted by molar-refractivity contribution is 5.96. The fraction of sp³-hybridized carbons (Fsp3) is 0.545. The van der Waals surface area contributed by atoms with Crippen molar-refractivity contribution in [2.75, 3.05) is 6.61 Å². The molecule has 1 unspecified atom stereocenters. The van der Waals surface area contributed by atoms with E-state index in [9.17, 15) is 4.79 Å². The van der Waals surface area contributed by atoms with Gasteiger partial charge in [0.25, 0.3) is 0 Å². The summed E-state index contributed by atoms with van der Waals surface area (Å²) in [5.41, 5.74) is 0.457. The summed E-state index contributed by atoms with van der Waals surface area (Å²) in [5, 5.41) is 0. The molecule has 1 atom stereocenters. The second kappa shape index (κ2) is 6.45. The van der Waals surface area contributed by atoms with Gasteiger partial charge in [-0.05, 0) is 13.8 Å². The first-order valence-electron chi connectivity index (χ1n) is 4.43. The normalized spacial score (nSPS) is 11.3. The minimum atomic E-state index is -0.428. The number of ketones is 1. The number of hydrogen-bond acceptors (Lipinski definition) is 2. The van der Waals surface area contributed by atoms with Gasteiger partial charge in [0.05, 0.1) is 0 Å². The smallest absolute Gasteiger partial charge is 0.161 e. The maximum absolute atomic E-state index is 11.3. The second-order valence-electron chi connectivity index (χ2n) is 2.53. The van der Waals surface area contributed by atoms with Gasteiger partial charge in [-0.25, -0.2) is 0 Å². The van der Waals surface area contributed by atoms with Gasteiger partial charge in [-0.3, -0.25) is 4.79 Å². The number of Topliss-reactive ketones (excluding diaryl/α,β-unsaturated/α-hetero) is 1. The van der Waals surface area contributed by atoms with Gasteiger partial charge < -0.3 is 4.74 Å². The zero-order valence-electron chi connectivity index (χ0n) is 8.52. The van der Waals surface area contributed by atoms with Crippen molar-refractivity contribution in [3.05, 3.63) is 12.2 Å². The monoisotopic (exact) mass is 180 g/mol. The van der Waals surface area contributed by atoms with E-state index in [1.807, 2.05) is 6.92 Å². The average Bonchev–Trinajstić information content (AvgIpc) is 2.15. The minimum Gasteiger partial charge on any atom is -0.361 e. The van der Waals surface area contributed by atoms with E-state index in [4.69, 9.17) is 4.74 Å². The van der Waals surface area contributed by atoms with Crippen molar-refractivity contribution in [2.24, 2.45) is 0 Å². The molecule has 0 aromatic rings. The van der Waals surface area contributed by atoms with Crippen LogP contribution in [0.25, 0.3) is 0 Å². The molecule has 0 spiro atoms. The predicted molar refractivity (Wildman–Crippen MR) is 53.3 cm³/mol. The lowest BCUT2D eigenvalue weighted by Gasteiger charge is -2.11. The lowest BCUT2D eigenvalue weighted by atomic mass is 10.1. The van der Waals surface area contributed by atoms with Crippen LogP contribution in [0.15, 0.2) is 12.2 Å². The van der Waals surface area contributed by atoms with Crippen LogP contribution in [0, 0.1) is 11.8 Å². The Morgan fingerprint density at radius 3 is 2.54 bits per heavy atom. The second-order valence-corrected chi connectivity index (χ2v) is 2.53. The molecule has 0 aromatic heterocycles. The number of carbonyl (C=O) groups excluding carboxylic acids is 1. The zero-order valence-corrected chi connectivity index (χ0v) is 8.52. The Kier molecular flexibility index (Phi) is 5.92. The molecule has 72 valence electrons. The molecule has 0 saturated carbocycles. The molecule has 0 saturated heterocycles. The third kappa shape index (κ3) is 3.91. The fourth-order valence-electron chi connectivity index (χ4n) is 0.900. The van der Waals surface area contributed by atoms with Gasteiger partial charge in [0.1, 0.15) is 6.10 Å². The van der Waals surface area contributed by atoms with E-state index in [1.165, 1.54) is 0 Å². The molecule has 0 aliphatic heterocycles. The number of hydrogen-bond donors (Lipinski definition) is 0. The van der Waals surface area contributed by atoms with Crippen molar-refractivity contribution >= 4 is 5.78 Å². The van der Waals surface area contributed by atoms with Crippen molar-refractivity contribution in [1.82, 2.24) is 0 Å². The van der Waals surface area contributed by atoms with Crippen LogP contribution in [0.4, 0.5) is 0 Å². The zero-order chi connectivity index (χ0) is 10.3. The van der Waals surface area contributed by atoms with Crippen molar-refractivity contribution in [3.63, 3.8) is 0 Å². The summed E-state index contributed by atoms with van der Waals surface area (Å²) in [6.07, 6.45) is 0.0239. The lowest BCUT2D eigenvalue weighted by molar-refractivity contribution is -0.116. The minimum absolute atomic E-state index is 0.0150. The van der Waals surface area contributed by atoms with Crippen LogP contribution in [0.1, 0.15) is 27.2 Å². The Morgan fingerprint density at radius 2 is 2.15 bits per heavy atom. The van der Waals surface area contributed by atoms with Gasteiger partial charge in [0.2, 0.25) is 0 Å². The largest absolute Gasteiger partial charge is 0.361 e. The van der Waals surface area contributed by atoms with Gasteiger partial charge in [-0.15, -0.1) is 5.92 Å². The van der Waals surface area contributed by atoms with E-state index in [1.54, 1.807) is 13.8 Å². The molecule has 0 amide bonds. The van der Waals surface area contributed by atoms with Crippen LogP contribution in [0.3, 0.4) is 0 Å². The molecule has 0 aliphatic rings. The van der Waals surface area contributed by atoms with Gasteiger partial charge in [-0.1, -0.05) is 19.4 Å². The van der Waals surface area contributed by atoms with E-state index < -0.39 is 6.10 Å². The highest BCUT2D eigenvalue weighted by Gasteiger charge is 2.14. The van der Waals surface area contributed by atoms with Crippen LogP contribution < -0.4 is 0 Å². The van der Waals surface area contributed by atoms with Crippen LogP contribution in [0.5, 0.6) is 0 Å². The molecule has 0 aromatic carbocycles. The molecule has 0 fully saturated rings. The molecule has 0 aliphatic carbocycles. The van der Waals surface area contributed by atoms with E-state index >= 15 is 0 Å². The van der Waals surface area contributed by atoms with Crippen molar-refractivity contribution < 1.29 is 9.53 Å². The number of rotatable bonds is 5. The van der Waals surface area contributed by atoms with Gasteiger partial charge in [0.15, 0.2) is 5.78 Å². The lowest BCUT2D eigenvalue weighted by Crippen LogP contribution is -2.18. The van der Waals surface area contributed by atoms with E-state index in [0.29, 0.717) is 18.6 Å². The van der Waals surface area contributed by atoms with E-state index in [2.05, 4.69) is 18.4 Å². The number of ether oxygens (including phenoxy) is 1. The summed E-state index contributed by atoms with van der Waals surface area (Å²) in [6.45, 7) is 9.61. The molecule has 2 nitrogen and oxygen atoms in total. The molecular formula is C11H16O2. The first kappa shape index (κ1) is 11.9. The third-order valence-electron chi connectivity index (χ3n) is 1.60. The summed E-state index contributed by atoms with van der Waals surface area (Å²) >= 11 is 0. The Hall–Kier alpha value is -1.07. The maximum Gasteiger partial charge on any atom is 0.161 e. The van der Waals surface area contributed by atoms with Gasteiger partial charge in [0, 0.05) is 18.6 Å². The summed E-state index contributed by atoms with van der Waals surface area (Å²) in [4.78, 5) is 11.3. The van der Waals surface area contributed by atoms with Crippen molar-refractivity contribution in [1.29, 1.82) is 0 Å². The maximum atomic E-state index is 11.3.